The number of benzene rings is 2. The Morgan fingerprint density at radius 1 is 1.14 bits per heavy atom. The van der Waals surface area contributed by atoms with Crippen molar-refractivity contribution in [3.63, 3.8) is 0 Å². The largest absolute Gasteiger partial charge is 0.489 e. The van der Waals surface area contributed by atoms with Crippen LogP contribution in [0.1, 0.15) is 44.4 Å². The zero-order valence-corrected chi connectivity index (χ0v) is 22.0. The van der Waals surface area contributed by atoms with E-state index in [2.05, 4.69) is 15.4 Å². The first kappa shape index (κ1) is 25.4. The van der Waals surface area contributed by atoms with Crippen LogP contribution in [-0.4, -0.2) is 33.1 Å². The Kier molecular flexibility index (Phi) is 8.26. The predicted octanol–water partition coefficient (Wildman–Crippen LogP) is 6.52. The van der Waals surface area contributed by atoms with E-state index in [-0.39, 0.29) is 5.97 Å². The molecule has 0 spiro atoms. The van der Waals surface area contributed by atoms with E-state index in [9.17, 15) is 4.79 Å². The van der Waals surface area contributed by atoms with Gasteiger partial charge in [0.05, 0.1) is 22.2 Å². The van der Waals surface area contributed by atoms with Crippen molar-refractivity contribution in [3.8, 4) is 5.75 Å². The van der Waals surface area contributed by atoms with Gasteiger partial charge in [-0.15, -0.1) is 5.10 Å². The number of nitrogens with one attached hydrogen (secondary N) is 1. The van der Waals surface area contributed by atoms with Crippen LogP contribution in [0.3, 0.4) is 0 Å². The Morgan fingerprint density at radius 3 is 2.60 bits per heavy atom. The number of carbonyl (C=O) groups excluding carboxylic acids is 1. The lowest BCUT2D eigenvalue weighted by Crippen LogP contribution is -2.29. The molecular weight excluding hydrogens is 507 g/mol. The fraction of sp³-hybridized carbons (Fsp3) is 0.320. The number of carbonyl (C=O) groups is 1. The van der Waals surface area contributed by atoms with Crippen molar-refractivity contribution in [2.75, 3.05) is 17.7 Å². The Labute approximate surface area is 218 Å². The van der Waals surface area contributed by atoms with Gasteiger partial charge < -0.3 is 14.8 Å². The highest BCUT2D eigenvalue weighted by molar-refractivity contribution is 7.99. The standard InChI is InChI=1S/C25H26Cl2N4O3S/c1-4-12-33-23(32)21-15(3)28-24-29-25(35-5-2)30-31(24)22(21)17-7-9-18(10-8-17)34-14-16-6-11-19(26)20(27)13-16/h6-11,13,22H,4-5,12,14H2,1-3H3,(H,28,29,30). The lowest BCUT2D eigenvalue weighted by molar-refractivity contribution is -0.139. The molecule has 3 aromatic rings. The molecule has 1 N–H and O–H groups in total. The number of allylic oxidation sites excluding steroid dienone is 1. The van der Waals surface area contributed by atoms with Crippen molar-refractivity contribution < 1.29 is 14.3 Å². The smallest absolute Gasteiger partial charge is 0.338 e. The summed E-state index contributed by atoms with van der Waals surface area (Å²) >= 11 is 13.6. The molecule has 0 aliphatic carbocycles. The molecule has 7 nitrogen and oxygen atoms in total. The molecule has 10 heteroatoms. The Balaban J connectivity index is 1.61. The van der Waals surface area contributed by atoms with E-state index < -0.39 is 6.04 Å². The summed E-state index contributed by atoms with van der Waals surface area (Å²) in [6.45, 7) is 6.57. The van der Waals surface area contributed by atoms with Gasteiger partial charge in [-0.25, -0.2) is 9.48 Å². The third-order valence-electron chi connectivity index (χ3n) is 5.35. The molecule has 1 unspecified atom stereocenters. The average molecular weight is 533 g/mol. The molecule has 0 saturated carbocycles. The van der Waals surface area contributed by atoms with Crippen LogP contribution < -0.4 is 10.1 Å². The van der Waals surface area contributed by atoms with Crippen LogP contribution in [0.25, 0.3) is 0 Å². The van der Waals surface area contributed by atoms with Gasteiger partial charge in [0.25, 0.3) is 0 Å². The van der Waals surface area contributed by atoms with E-state index in [0.717, 1.165) is 23.3 Å². The summed E-state index contributed by atoms with van der Waals surface area (Å²) in [6.07, 6.45) is 0.743. The monoisotopic (exact) mass is 532 g/mol. The van der Waals surface area contributed by atoms with Crippen molar-refractivity contribution in [1.82, 2.24) is 14.8 Å². The first-order valence-corrected chi connectivity index (χ1v) is 13.1. The van der Waals surface area contributed by atoms with Crippen molar-refractivity contribution in [3.05, 3.63) is 74.9 Å². The molecule has 35 heavy (non-hydrogen) atoms. The number of anilines is 1. The molecule has 184 valence electrons. The molecule has 1 aromatic heterocycles. The zero-order chi connectivity index (χ0) is 24.9. The number of ether oxygens (including phenoxy) is 2. The van der Waals surface area contributed by atoms with Crippen LogP contribution in [0.15, 0.2) is 58.9 Å². The van der Waals surface area contributed by atoms with Gasteiger partial charge in [-0.2, -0.15) is 4.98 Å². The maximum absolute atomic E-state index is 13.0. The number of nitrogens with zero attached hydrogens (tertiary/aromatic N) is 3. The molecule has 2 heterocycles. The van der Waals surface area contributed by atoms with Gasteiger partial charge in [-0.3, -0.25) is 0 Å². The Morgan fingerprint density at radius 2 is 1.91 bits per heavy atom. The molecule has 0 saturated heterocycles. The molecule has 1 aliphatic heterocycles. The number of hydrogen-bond donors (Lipinski definition) is 1. The van der Waals surface area contributed by atoms with Crippen LogP contribution in [0.2, 0.25) is 10.0 Å². The first-order valence-electron chi connectivity index (χ1n) is 11.3. The van der Waals surface area contributed by atoms with E-state index in [4.69, 9.17) is 32.7 Å². The number of fused-ring (bicyclic) bond motifs is 1. The van der Waals surface area contributed by atoms with E-state index in [1.165, 1.54) is 0 Å². The lowest BCUT2D eigenvalue weighted by atomic mass is 9.96. The average Bonchev–Trinajstić information content (AvgIpc) is 3.25. The summed E-state index contributed by atoms with van der Waals surface area (Å²) in [7, 11) is 0. The highest BCUT2D eigenvalue weighted by Crippen LogP contribution is 2.37. The van der Waals surface area contributed by atoms with Crippen LogP contribution >= 0.6 is 35.0 Å². The third-order valence-corrected chi connectivity index (χ3v) is 6.81. The van der Waals surface area contributed by atoms with E-state index in [1.54, 1.807) is 28.6 Å². The van der Waals surface area contributed by atoms with Crippen LogP contribution in [0.4, 0.5) is 5.95 Å². The summed E-state index contributed by atoms with van der Waals surface area (Å²) in [5, 5.41) is 9.53. The van der Waals surface area contributed by atoms with Gasteiger partial charge in [0, 0.05) is 5.70 Å². The molecule has 0 amide bonds. The van der Waals surface area contributed by atoms with Crippen molar-refractivity contribution in [2.45, 2.75) is 45.0 Å². The summed E-state index contributed by atoms with van der Waals surface area (Å²) in [5.41, 5.74) is 2.99. The molecule has 4 rings (SSSR count). The highest BCUT2D eigenvalue weighted by atomic mass is 35.5. The molecular formula is C25H26Cl2N4O3S. The minimum Gasteiger partial charge on any atom is -0.489 e. The summed E-state index contributed by atoms with van der Waals surface area (Å²) in [5.74, 6) is 1.75. The maximum atomic E-state index is 13.0. The minimum absolute atomic E-state index is 0.349. The SMILES string of the molecule is CCCOC(=O)C1=C(C)Nc2nc(SCC)nn2C1c1ccc(OCc2ccc(Cl)c(Cl)c2)cc1. The predicted molar refractivity (Wildman–Crippen MR) is 139 cm³/mol. The van der Waals surface area contributed by atoms with Gasteiger partial charge in [0.15, 0.2) is 0 Å². The molecule has 0 radical (unpaired) electrons. The number of thioether (sulfide) groups is 1. The summed E-state index contributed by atoms with van der Waals surface area (Å²) < 4.78 is 13.2. The quantitative estimate of drug-likeness (QED) is 0.248. The van der Waals surface area contributed by atoms with Crippen molar-refractivity contribution in [1.29, 1.82) is 0 Å². The van der Waals surface area contributed by atoms with Gasteiger partial charge >= 0.3 is 5.97 Å². The van der Waals surface area contributed by atoms with Gasteiger partial charge in [0.1, 0.15) is 18.4 Å². The topological polar surface area (TPSA) is 78.3 Å². The fourth-order valence-electron chi connectivity index (χ4n) is 3.71. The van der Waals surface area contributed by atoms with E-state index >= 15 is 0 Å². The fourth-order valence-corrected chi connectivity index (χ4v) is 4.58. The van der Waals surface area contributed by atoms with Gasteiger partial charge in [-0.05, 0) is 54.5 Å². The normalized spacial score (nSPS) is 14.9. The van der Waals surface area contributed by atoms with Crippen LogP contribution in [0, 0.1) is 0 Å². The van der Waals surface area contributed by atoms with Gasteiger partial charge in [0.2, 0.25) is 11.1 Å². The van der Waals surface area contributed by atoms with Crippen molar-refractivity contribution >= 4 is 46.9 Å². The molecule has 0 bridgehead atoms. The number of aromatic nitrogens is 3. The Hall–Kier alpha value is -2.68. The maximum Gasteiger partial charge on any atom is 0.338 e. The third kappa shape index (κ3) is 5.77. The number of halogens is 2. The number of rotatable bonds is 9. The second kappa shape index (κ2) is 11.4. The number of esters is 1. The summed E-state index contributed by atoms with van der Waals surface area (Å²) in [6, 6.07) is 12.5. The van der Waals surface area contributed by atoms with E-state index in [0.29, 0.717) is 51.4 Å². The second-order valence-electron chi connectivity index (χ2n) is 7.90. The minimum atomic E-state index is -0.474. The van der Waals surface area contributed by atoms with Crippen LogP contribution in [0.5, 0.6) is 5.75 Å². The Bertz CT molecular complexity index is 1240. The van der Waals surface area contributed by atoms with Crippen LogP contribution in [-0.2, 0) is 16.1 Å². The molecule has 1 aliphatic rings. The van der Waals surface area contributed by atoms with Gasteiger partial charge in [-0.1, -0.05) is 67.0 Å². The highest BCUT2D eigenvalue weighted by Gasteiger charge is 2.35. The van der Waals surface area contributed by atoms with E-state index in [1.807, 2.05) is 51.1 Å². The molecule has 0 fully saturated rings. The molecule has 1 atom stereocenters. The van der Waals surface area contributed by atoms with Crippen molar-refractivity contribution in [2.24, 2.45) is 0 Å². The summed E-state index contributed by atoms with van der Waals surface area (Å²) in [4.78, 5) is 17.6. The second-order valence-corrected chi connectivity index (χ2v) is 9.95. The number of hydrogen-bond acceptors (Lipinski definition) is 7. The molecule has 2 aromatic carbocycles. The lowest BCUT2D eigenvalue weighted by Gasteiger charge is -2.28. The zero-order valence-electron chi connectivity index (χ0n) is 19.7. The first-order chi connectivity index (χ1) is 16.9.